The van der Waals surface area contributed by atoms with Crippen molar-refractivity contribution in [3.8, 4) is 11.3 Å². The van der Waals surface area contributed by atoms with Gasteiger partial charge in [0.2, 0.25) is 0 Å². The van der Waals surface area contributed by atoms with Crippen LogP contribution in [0.3, 0.4) is 0 Å². The number of ether oxygens (including phenoxy) is 1. The van der Waals surface area contributed by atoms with E-state index in [1.165, 1.54) is 31.5 Å². The van der Waals surface area contributed by atoms with Gasteiger partial charge in [-0.25, -0.2) is 14.2 Å². The highest BCUT2D eigenvalue weighted by atomic mass is 19.1. The standard InChI is InChI=1S/C23H16FN3O4/c1-31-23(30)14-10-20(22(29)25-12-14)27-21(28)17-11-19(13-6-8-15(24)9-7-13)26-18-5-3-2-4-16(17)18/h2-12H,1H3,(H,25,29)(H,27,28). The average molecular weight is 417 g/mol. The minimum atomic E-state index is -0.653. The van der Waals surface area contributed by atoms with Crippen molar-refractivity contribution in [2.45, 2.75) is 0 Å². The monoisotopic (exact) mass is 417 g/mol. The summed E-state index contributed by atoms with van der Waals surface area (Å²) in [5, 5.41) is 3.12. The second-order valence-corrected chi connectivity index (χ2v) is 6.66. The largest absolute Gasteiger partial charge is 0.465 e. The number of anilines is 1. The maximum Gasteiger partial charge on any atom is 0.339 e. The molecule has 0 aliphatic heterocycles. The van der Waals surface area contributed by atoms with Crippen molar-refractivity contribution in [1.82, 2.24) is 9.97 Å². The number of fused-ring (bicyclic) bond motifs is 1. The van der Waals surface area contributed by atoms with Gasteiger partial charge in [0.05, 0.1) is 29.4 Å². The minimum absolute atomic E-state index is 0.0870. The molecule has 4 aromatic rings. The summed E-state index contributed by atoms with van der Waals surface area (Å²) in [6.07, 6.45) is 1.21. The summed E-state index contributed by atoms with van der Waals surface area (Å²) in [6, 6.07) is 15.6. The number of aromatic amines is 1. The van der Waals surface area contributed by atoms with Crippen LogP contribution in [-0.2, 0) is 4.74 Å². The SMILES string of the molecule is COC(=O)c1c[nH]c(=O)c(NC(=O)c2cc(-c3ccc(F)cc3)nc3ccccc23)c1. The zero-order chi connectivity index (χ0) is 22.0. The van der Waals surface area contributed by atoms with E-state index in [1.54, 1.807) is 42.5 Å². The van der Waals surface area contributed by atoms with E-state index in [0.29, 0.717) is 22.2 Å². The van der Waals surface area contributed by atoms with Gasteiger partial charge in [0.1, 0.15) is 11.5 Å². The van der Waals surface area contributed by atoms with Gasteiger partial charge >= 0.3 is 5.97 Å². The Morgan fingerprint density at radius 2 is 1.81 bits per heavy atom. The van der Waals surface area contributed by atoms with E-state index in [9.17, 15) is 18.8 Å². The van der Waals surface area contributed by atoms with E-state index in [2.05, 4.69) is 20.0 Å². The van der Waals surface area contributed by atoms with Crippen LogP contribution in [0.2, 0.25) is 0 Å². The number of halogens is 1. The number of amides is 1. The van der Waals surface area contributed by atoms with Crippen LogP contribution in [0.4, 0.5) is 10.1 Å². The van der Waals surface area contributed by atoms with Gasteiger partial charge in [-0.1, -0.05) is 18.2 Å². The number of aromatic nitrogens is 2. The number of nitrogens with zero attached hydrogens (tertiary/aromatic N) is 1. The predicted octanol–water partition coefficient (Wildman–Crippen LogP) is 3.77. The lowest BCUT2D eigenvalue weighted by atomic mass is 10.0. The Kier molecular flexibility index (Phi) is 5.28. The molecule has 7 nitrogen and oxygen atoms in total. The highest BCUT2D eigenvalue weighted by Crippen LogP contribution is 2.25. The molecule has 0 saturated carbocycles. The molecule has 154 valence electrons. The third-order valence-corrected chi connectivity index (χ3v) is 4.67. The lowest BCUT2D eigenvalue weighted by Crippen LogP contribution is -2.21. The molecule has 0 fully saturated rings. The van der Waals surface area contributed by atoms with Crippen molar-refractivity contribution in [2.24, 2.45) is 0 Å². The van der Waals surface area contributed by atoms with E-state index >= 15 is 0 Å². The van der Waals surface area contributed by atoms with Crippen LogP contribution in [0.5, 0.6) is 0 Å². The summed E-state index contributed by atoms with van der Waals surface area (Å²) >= 11 is 0. The minimum Gasteiger partial charge on any atom is -0.465 e. The molecule has 0 bridgehead atoms. The van der Waals surface area contributed by atoms with Crippen molar-refractivity contribution < 1.29 is 18.7 Å². The lowest BCUT2D eigenvalue weighted by Gasteiger charge is -2.11. The fraction of sp³-hybridized carbons (Fsp3) is 0.0435. The maximum atomic E-state index is 13.3. The molecule has 0 unspecified atom stereocenters. The van der Waals surface area contributed by atoms with Crippen molar-refractivity contribution in [1.29, 1.82) is 0 Å². The third-order valence-electron chi connectivity index (χ3n) is 4.67. The second-order valence-electron chi connectivity index (χ2n) is 6.66. The van der Waals surface area contributed by atoms with Crippen molar-refractivity contribution in [3.05, 3.63) is 94.2 Å². The number of H-pyrrole nitrogens is 1. The molecule has 2 aromatic carbocycles. The normalized spacial score (nSPS) is 10.6. The van der Waals surface area contributed by atoms with Crippen molar-refractivity contribution in [2.75, 3.05) is 12.4 Å². The molecule has 0 aliphatic rings. The zero-order valence-electron chi connectivity index (χ0n) is 16.3. The van der Waals surface area contributed by atoms with Crippen LogP contribution in [-0.4, -0.2) is 29.0 Å². The Labute approximate surface area is 175 Å². The molecule has 0 atom stereocenters. The Balaban J connectivity index is 1.78. The summed E-state index contributed by atoms with van der Waals surface area (Å²) in [5.74, 6) is -1.60. The molecule has 0 saturated heterocycles. The van der Waals surface area contributed by atoms with Gasteiger partial charge in [-0.15, -0.1) is 0 Å². The fourth-order valence-electron chi connectivity index (χ4n) is 3.13. The van der Waals surface area contributed by atoms with Crippen molar-refractivity contribution >= 4 is 28.5 Å². The number of hydrogen-bond donors (Lipinski definition) is 2. The number of pyridine rings is 2. The third kappa shape index (κ3) is 4.04. The first-order valence-corrected chi connectivity index (χ1v) is 9.24. The molecule has 0 aliphatic carbocycles. The Morgan fingerprint density at radius 3 is 2.55 bits per heavy atom. The van der Waals surface area contributed by atoms with E-state index in [4.69, 9.17) is 0 Å². The Bertz CT molecular complexity index is 1360. The smallest absolute Gasteiger partial charge is 0.339 e. The quantitative estimate of drug-likeness (QED) is 0.492. The Morgan fingerprint density at radius 1 is 1.06 bits per heavy atom. The molecule has 1 amide bonds. The van der Waals surface area contributed by atoms with Gasteiger partial charge < -0.3 is 15.0 Å². The number of methoxy groups -OCH3 is 1. The summed E-state index contributed by atoms with van der Waals surface area (Å²) in [4.78, 5) is 44.0. The summed E-state index contributed by atoms with van der Waals surface area (Å²) in [5.41, 5.74) is 1.35. The van der Waals surface area contributed by atoms with E-state index in [-0.39, 0.29) is 22.6 Å². The average Bonchev–Trinajstić information content (AvgIpc) is 2.79. The Hall–Kier alpha value is -4.33. The van der Waals surface area contributed by atoms with Crippen LogP contribution < -0.4 is 10.9 Å². The van der Waals surface area contributed by atoms with Gasteiger partial charge in [-0.3, -0.25) is 9.59 Å². The number of para-hydroxylation sites is 1. The summed E-state index contributed by atoms with van der Waals surface area (Å²) in [6.45, 7) is 0. The van der Waals surface area contributed by atoms with E-state index in [1.807, 2.05) is 0 Å². The number of benzene rings is 2. The van der Waals surface area contributed by atoms with Crippen molar-refractivity contribution in [3.63, 3.8) is 0 Å². The molecule has 4 rings (SSSR count). The molecule has 2 heterocycles. The van der Waals surface area contributed by atoms with Crippen LogP contribution in [0, 0.1) is 5.82 Å². The first-order chi connectivity index (χ1) is 15.0. The molecule has 2 aromatic heterocycles. The van der Waals surface area contributed by atoms with Crippen LogP contribution in [0.15, 0.2) is 71.7 Å². The first-order valence-electron chi connectivity index (χ1n) is 9.24. The number of esters is 1. The molecule has 8 heteroatoms. The predicted molar refractivity (Wildman–Crippen MR) is 113 cm³/mol. The van der Waals surface area contributed by atoms with Gasteiger partial charge in [0.25, 0.3) is 11.5 Å². The van der Waals surface area contributed by atoms with E-state index < -0.39 is 17.4 Å². The topological polar surface area (TPSA) is 101 Å². The molecule has 2 N–H and O–H groups in total. The van der Waals surface area contributed by atoms with Crippen LogP contribution >= 0.6 is 0 Å². The molecule has 0 spiro atoms. The van der Waals surface area contributed by atoms with Gasteiger partial charge in [-0.2, -0.15) is 0 Å². The van der Waals surface area contributed by atoms with Crippen LogP contribution in [0.25, 0.3) is 22.2 Å². The molecular weight excluding hydrogens is 401 g/mol. The summed E-state index contributed by atoms with van der Waals surface area (Å²) in [7, 11) is 1.21. The number of carbonyl (C=O) groups is 2. The maximum absolute atomic E-state index is 13.3. The number of nitrogens with one attached hydrogen (secondary N) is 2. The van der Waals surface area contributed by atoms with Gasteiger partial charge in [0.15, 0.2) is 0 Å². The first kappa shape index (κ1) is 20.0. The second kappa shape index (κ2) is 8.19. The van der Waals surface area contributed by atoms with Crippen LogP contribution in [0.1, 0.15) is 20.7 Å². The highest BCUT2D eigenvalue weighted by Gasteiger charge is 2.17. The lowest BCUT2D eigenvalue weighted by molar-refractivity contribution is 0.0600. The summed E-state index contributed by atoms with van der Waals surface area (Å²) < 4.78 is 18.0. The molecule has 0 radical (unpaired) electrons. The zero-order valence-corrected chi connectivity index (χ0v) is 16.3. The van der Waals surface area contributed by atoms with Gasteiger partial charge in [0, 0.05) is 17.1 Å². The van der Waals surface area contributed by atoms with Gasteiger partial charge in [-0.05, 0) is 42.5 Å². The fourth-order valence-corrected chi connectivity index (χ4v) is 3.13. The molecular formula is C23H16FN3O4. The number of rotatable bonds is 4. The van der Waals surface area contributed by atoms with E-state index in [0.717, 1.165) is 0 Å². The molecule has 31 heavy (non-hydrogen) atoms. The number of hydrogen-bond acceptors (Lipinski definition) is 5. The number of carbonyl (C=O) groups excluding carboxylic acids is 2. The highest BCUT2D eigenvalue weighted by molar-refractivity contribution is 6.13.